The number of hydrazine groups is 1. The minimum atomic E-state index is -0.968. The number of fused-ring (bicyclic) bond motifs is 2. The Balaban J connectivity index is 1.73. The predicted octanol–water partition coefficient (Wildman–Crippen LogP) is 2.90. The summed E-state index contributed by atoms with van der Waals surface area (Å²) < 4.78 is 13.3. The van der Waals surface area contributed by atoms with E-state index in [9.17, 15) is 4.79 Å². The molecule has 0 radical (unpaired) electrons. The molecular formula is C22H21N2O3+. The summed E-state index contributed by atoms with van der Waals surface area (Å²) >= 11 is 0. The number of nitrogens with one attached hydrogen (secondary N) is 1. The van der Waals surface area contributed by atoms with Crippen LogP contribution < -0.4 is 10.2 Å². The van der Waals surface area contributed by atoms with E-state index in [1.807, 2.05) is 59.3 Å². The highest BCUT2D eigenvalue weighted by Crippen LogP contribution is 2.41. The van der Waals surface area contributed by atoms with Crippen molar-refractivity contribution >= 4 is 11.7 Å². The zero-order valence-corrected chi connectivity index (χ0v) is 15.1. The second-order valence-electron chi connectivity index (χ2n) is 7.16. The topological polar surface area (TPSA) is 50.6 Å². The van der Waals surface area contributed by atoms with Crippen LogP contribution in [0.3, 0.4) is 0 Å². The SMILES string of the molecule is COc1ccc([C@]23C=C4CCC[C@H]4N[N+]2=C(c2ccccc2)C(=O)O3)cc1. The first-order chi connectivity index (χ1) is 13.2. The first-order valence-electron chi connectivity index (χ1n) is 9.29. The minimum Gasteiger partial charge on any atom is -0.497 e. The van der Waals surface area contributed by atoms with Gasteiger partial charge in [-0.25, -0.2) is 4.79 Å². The molecular weight excluding hydrogens is 340 g/mol. The van der Waals surface area contributed by atoms with Gasteiger partial charge in [0.05, 0.1) is 18.2 Å². The van der Waals surface area contributed by atoms with Crippen LogP contribution in [0.1, 0.15) is 30.4 Å². The van der Waals surface area contributed by atoms with E-state index in [-0.39, 0.29) is 12.0 Å². The number of rotatable bonds is 3. The summed E-state index contributed by atoms with van der Waals surface area (Å²) in [5.41, 5.74) is 6.21. The number of hydrogen-bond acceptors (Lipinski definition) is 4. The lowest BCUT2D eigenvalue weighted by atomic mass is 9.95. The van der Waals surface area contributed by atoms with Crippen LogP contribution in [0.15, 0.2) is 66.2 Å². The number of nitrogens with zero attached hydrogens (tertiary/aromatic N) is 1. The average Bonchev–Trinajstić information content (AvgIpc) is 3.27. The van der Waals surface area contributed by atoms with Gasteiger partial charge in [-0.3, -0.25) is 0 Å². The molecule has 27 heavy (non-hydrogen) atoms. The van der Waals surface area contributed by atoms with Gasteiger partial charge in [-0.05, 0) is 61.2 Å². The number of methoxy groups -OCH3 is 1. The maximum atomic E-state index is 13.0. The fraction of sp³-hybridized carbons (Fsp3) is 0.273. The van der Waals surface area contributed by atoms with E-state index in [0.29, 0.717) is 5.71 Å². The molecule has 2 aromatic carbocycles. The van der Waals surface area contributed by atoms with E-state index < -0.39 is 5.72 Å². The lowest BCUT2D eigenvalue weighted by molar-refractivity contribution is -0.692. The first-order valence-corrected chi connectivity index (χ1v) is 9.29. The molecule has 0 amide bonds. The molecule has 2 aliphatic heterocycles. The Hall–Kier alpha value is -3.08. The van der Waals surface area contributed by atoms with Gasteiger partial charge in [0.2, 0.25) is 0 Å². The summed E-state index contributed by atoms with van der Waals surface area (Å²) in [5, 5.41) is 0. The monoisotopic (exact) mass is 361 g/mol. The molecule has 1 N–H and O–H groups in total. The molecule has 1 fully saturated rings. The van der Waals surface area contributed by atoms with Crippen molar-refractivity contribution < 1.29 is 19.0 Å². The Morgan fingerprint density at radius 2 is 1.93 bits per heavy atom. The molecule has 2 atom stereocenters. The molecule has 1 saturated carbocycles. The van der Waals surface area contributed by atoms with E-state index in [0.717, 1.165) is 36.1 Å². The van der Waals surface area contributed by atoms with Crippen molar-refractivity contribution in [2.45, 2.75) is 31.0 Å². The standard InChI is InChI=1S/C22H20N2O3/c1-26-18-12-10-17(11-13-18)22-14-16-8-5-9-19(16)23-24(22)20(21(25)27-22)15-6-3-2-4-7-15/h2-4,6-7,10-14,19H,5,8-9H2,1H3/p+1/t19-,22-/m1/s1. The smallest absolute Gasteiger partial charge is 0.412 e. The van der Waals surface area contributed by atoms with Crippen molar-refractivity contribution in [2.75, 3.05) is 7.11 Å². The van der Waals surface area contributed by atoms with Crippen LogP contribution >= 0.6 is 0 Å². The zero-order valence-electron chi connectivity index (χ0n) is 15.1. The summed E-state index contributed by atoms with van der Waals surface area (Å²) in [6.07, 6.45) is 5.38. The average molecular weight is 361 g/mol. The summed E-state index contributed by atoms with van der Waals surface area (Å²) in [4.78, 5) is 13.0. The van der Waals surface area contributed by atoms with Crippen molar-refractivity contribution in [1.29, 1.82) is 0 Å². The van der Waals surface area contributed by atoms with Crippen LogP contribution in [0.25, 0.3) is 0 Å². The van der Waals surface area contributed by atoms with Gasteiger partial charge in [-0.2, -0.15) is 5.43 Å². The van der Waals surface area contributed by atoms with Gasteiger partial charge in [-0.1, -0.05) is 22.9 Å². The third kappa shape index (κ3) is 2.38. The molecule has 3 aliphatic rings. The Morgan fingerprint density at radius 3 is 2.67 bits per heavy atom. The summed E-state index contributed by atoms with van der Waals surface area (Å²) in [5.74, 6) is 0.454. The van der Waals surface area contributed by atoms with Gasteiger partial charge < -0.3 is 9.47 Å². The van der Waals surface area contributed by atoms with Gasteiger partial charge in [0.15, 0.2) is 0 Å². The number of hydrogen-bond donors (Lipinski definition) is 1. The summed E-state index contributed by atoms with van der Waals surface area (Å²) in [6, 6.07) is 17.7. The molecule has 1 aliphatic carbocycles. The molecule has 5 rings (SSSR count). The van der Waals surface area contributed by atoms with Gasteiger partial charge in [0.1, 0.15) is 11.8 Å². The fourth-order valence-electron chi connectivity index (χ4n) is 4.29. The maximum absolute atomic E-state index is 13.0. The first kappa shape index (κ1) is 16.1. The normalized spacial score (nSPS) is 26.0. The van der Waals surface area contributed by atoms with Gasteiger partial charge >= 0.3 is 17.4 Å². The molecule has 2 aromatic rings. The molecule has 0 spiro atoms. The second-order valence-corrected chi connectivity index (χ2v) is 7.16. The molecule has 136 valence electrons. The lowest BCUT2D eigenvalue weighted by Gasteiger charge is -2.29. The molecule has 0 unspecified atom stereocenters. The van der Waals surface area contributed by atoms with Gasteiger partial charge in [0, 0.05) is 6.08 Å². The zero-order chi connectivity index (χ0) is 18.4. The van der Waals surface area contributed by atoms with Crippen molar-refractivity contribution in [3.8, 4) is 5.75 Å². The third-order valence-corrected chi connectivity index (χ3v) is 5.62. The van der Waals surface area contributed by atoms with Crippen molar-refractivity contribution in [3.05, 3.63) is 77.4 Å². The molecule has 5 heteroatoms. The highest BCUT2D eigenvalue weighted by Gasteiger charge is 2.60. The lowest BCUT2D eigenvalue weighted by Crippen LogP contribution is -2.53. The second kappa shape index (κ2) is 5.98. The van der Waals surface area contributed by atoms with E-state index in [1.165, 1.54) is 5.57 Å². The summed E-state index contributed by atoms with van der Waals surface area (Å²) in [6.45, 7) is 0. The van der Waals surface area contributed by atoms with Crippen molar-refractivity contribution in [1.82, 2.24) is 5.43 Å². The Bertz CT molecular complexity index is 963. The molecule has 0 aromatic heterocycles. The third-order valence-electron chi connectivity index (χ3n) is 5.62. The van der Waals surface area contributed by atoms with Crippen LogP contribution in [0.2, 0.25) is 0 Å². The van der Waals surface area contributed by atoms with Crippen LogP contribution in [0.4, 0.5) is 0 Å². The number of carbonyl (C=O) groups is 1. The Morgan fingerprint density at radius 1 is 1.15 bits per heavy atom. The van der Waals surface area contributed by atoms with Crippen molar-refractivity contribution in [2.24, 2.45) is 0 Å². The highest BCUT2D eigenvalue weighted by atomic mass is 16.6. The van der Waals surface area contributed by atoms with E-state index in [1.54, 1.807) is 7.11 Å². The van der Waals surface area contributed by atoms with Crippen LogP contribution in [0.5, 0.6) is 5.75 Å². The number of esters is 1. The number of benzene rings is 2. The van der Waals surface area contributed by atoms with E-state index >= 15 is 0 Å². The van der Waals surface area contributed by atoms with E-state index in [2.05, 4.69) is 11.5 Å². The van der Waals surface area contributed by atoms with Crippen LogP contribution in [0, 0.1) is 0 Å². The molecule has 0 bridgehead atoms. The van der Waals surface area contributed by atoms with E-state index in [4.69, 9.17) is 9.47 Å². The molecule has 0 saturated heterocycles. The highest BCUT2D eigenvalue weighted by molar-refractivity contribution is 6.41. The maximum Gasteiger partial charge on any atom is 0.412 e. The molecule has 5 nitrogen and oxygen atoms in total. The number of ether oxygens (including phenoxy) is 2. The number of hydrazone groups is 1. The van der Waals surface area contributed by atoms with Gasteiger partial charge in [-0.15, -0.1) is 0 Å². The predicted molar refractivity (Wildman–Crippen MR) is 100 cm³/mol. The summed E-state index contributed by atoms with van der Waals surface area (Å²) in [7, 11) is 1.64. The van der Waals surface area contributed by atoms with Crippen LogP contribution in [-0.2, 0) is 15.3 Å². The van der Waals surface area contributed by atoms with Gasteiger partial charge in [0.25, 0.3) is 0 Å². The Labute approximate surface area is 157 Å². The van der Waals surface area contributed by atoms with Crippen molar-refractivity contribution in [3.63, 3.8) is 0 Å². The number of carbonyl (C=O) groups excluding carboxylic acids is 1. The Kier molecular flexibility index (Phi) is 3.57. The fourth-order valence-corrected chi connectivity index (χ4v) is 4.29. The van der Waals surface area contributed by atoms with Crippen LogP contribution in [-0.4, -0.2) is 29.5 Å². The minimum absolute atomic E-state index is 0.254. The quantitative estimate of drug-likeness (QED) is 0.519. The molecule has 2 heterocycles. The largest absolute Gasteiger partial charge is 0.497 e.